The molecule has 0 aromatic carbocycles. The van der Waals surface area contributed by atoms with Gasteiger partial charge in [-0.05, 0) is 44.9 Å². The first-order chi connectivity index (χ1) is 33.5. The Morgan fingerprint density at radius 1 is 0.279 bits per heavy atom. The van der Waals surface area contributed by atoms with Crippen LogP contribution < -0.4 is 0 Å². The van der Waals surface area contributed by atoms with Crippen LogP contribution in [0, 0.1) is 0 Å². The maximum absolute atomic E-state index is 12.8. The lowest BCUT2D eigenvalue weighted by Crippen LogP contribution is -2.30. The van der Waals surface area contributed by atoms with Crippen molar-refractivity contribution in [1.29, 1.82) is 0 Å². The Hall–Kier alpha value is -1.85. The molecule has 1 atom stereocenters. The second kappa shape index (κ2) is 57.7. The summed E-state index contributed by atoms with van der Waals surface area (Å²) in [6, 6.07) is 0. The minimum Gasteiger partial charge on any atom is -0.462 e. The maximum Gasteiger partial charge on any atom is 0.306 e. The molecular formula is C62H118O6. The third-order valence-electron chi connectivity index (χ3n) is 14.0. The van der Waals surface area contributed by atoms with Crippen LogP contribution >= 0.6 is 0 Å². The van der Waals surface area contributed by atoms with Crippen LogP contribution in [0.15, 0.2) is 12.2 Å². The molecule has 0 radical (unpaired) electrons. The molecule has 68 heavy (non-hydrogen) atoms. The molecule has 6 heteroatoms. The van der Waals surface area contributed by atoms with Gasteiger partial charge in [-0.15, -0.1) is 0 Å². The number of allylic oxidation sites excluding steroid dienone is 2. The molecule has 0 rings (SSSR count). The molecular weight excluding hydrogens is 841 g/mol. The summed E-state index contributed by atoms with van der Waals surface area (Å²) in [7, 11) is 0. The van der Waals surface area contributed by atoms with Crippen molar-refractivity contribution in [3.63, 3.8) is 0 Å². The second-order valence-electron chi connectivity index (χ2n) is 21.0. The molecule has 1 unspecified atom stereocenters. The highest BCUT2D eigenvalue weighted by Gasteiger charge is 2.19. The number of carbonyl (C=O) groups is 3. The highest BCUT2D eigenvalue weighted by Crippen LogP contribution is 2.18. The Morgan fingerprint density at radius 2 is 0.485 bits per heavy atom. The van der Waals surface area contributed by atoms with Crippen LogP contribution in [0.1, 0.15) is 348 Å². The van der Waals surface area contributed by atoms with E-state index in [9.17, 15) is 14.4 Å². The van der Waals surface area contributed by atoms with Crippen LogP contribution in [0.5, 0.6) is 0 Å². The number of esters is 3. The molecule has 0 spiro atoms. The van der Waals surface area contributed by atoms with Crippen LogP contribution in [0.25, 0.3) is 0 Å². The molecule has 0 fully saturated rings. The lowest BCUT2D eigenvalue weighted by Gasteiger charge is -2.18. The van der Waals surface area contributed by atoms with E-state index >= 15 is 0 Å². The van der Waals surface area contributed by atoms with Crippen molar-refractivity contribution >= 4 is 17.9 Å². The molecule has 402 valence electrons. The van der Waals surface area contributed by atoms with Crippen LogP contribution in [0.2, 0.25) is 0 Å². The molecule has 0 saturated carbocycles. The molecule has 0 aromatic rings. The largest absolute Gasteiger partial charge is 0.462 e. The number of carbonyl (C=O) groups excluding carboxylic acids is 3. The summed E-state index contributed by atoms with van der Waals surface area (Å²) in [5, 5.41) is 0. The predicted octanol–water partition coefficient (Wildman–Crippen LogP) is 20.5. The van der Waals surface area contributed by atoms with Crippen molar-refractivity contribution in [2.24, 2.45) is 0 Å². The molecule has 0 bridgehead atoms. The molecule has 0 saturated heterocycles. The topological polar surface area (TPSA) is 78.9 Å². The number of rotatable bonds is 57. The zero-order valence-corrected chi connectivity index (χ0v) is 46.2. The van der Waals surface area contributed by atoms with E-state index in [1.807, 2.05) is 0 Å². The maximum atomic E-state index is 12.8. The second-order valence-corrected chi connectivity index (χ2v) is 21.0. The van der Waals surface area contributed by atoms with Gasteiger partial charge in [0.1, 0.15) is 13.2 Å². The van der Waals surface area contributed by atoms with Gasteiger partial charge in [0.05, 0.1) is 0 Å². The summed E-state index contributed by atoms with van der Waals surface area (Å²) in [5.41, 5.74) is 0. The fourth-order valence-electron chi connectivity index (χ4n) is 9.38. The number of ether oxygens (including phenoxy) is 3. The number of hydrogen-bond donors (Lipinski definition) is 0. The molecule has 0 aliphatic rings. The summed E-state index contributed by atoms with van der Waals surface area (Å²) >= 11 is 0. The van der Waals surface area contributed by atoms with Gasteiger partial charge in [-0.2, -0.15) is 0 Å². The Bertz CT molecular complexity index is 1060. The van der Waals surface area contributed by atoms with E-state index < -0.39 is 6.10 Å². The summed E-state index contributed by atoms with van der Waals surface area (Å²) in [5.74, 6) is -0.864. The molecule has 0 N–H and O–H groups in total. The Kier molecular flexibility index (Phi) is 56.2. The van der Waals surface area contributed by atoms with Crippen molar-refractivity contribution in [2.75, 3.05) is 13.2 Å². The molecule has 6 nitrogen and oxygen atoms in total. The summed E-state index contributed by atoms with van der Waals surface area (Å²) < 4.78 is 16.7. The Morgan fingerprint density at radius 3 is 0.735 bits per heavy atom. The fourth-order valence-corrected chi connectivity index (χ4v) is 9.38. The SMILES string of the molecule is CCCCCCCC/C=C\CCCCCCCCCC(=O)OC(COC(=O)CCCCCCC)COC(=O)CCCCCCCCCCCCCCCCCCCCCCCCCCCCCC. The molecule has 0 aromatic heterocycles. The van der Waals surface area contributed by atoms with Crippen LogP contribution in [-0.4, -0.2) is 37.2 Å². The van der Waals surface area contributed by atoms with E-state index in [2.05, 4.69) is 32.9 Å². The zero-order valence-electron chi connectivity index (χ0n) is 46.2. The quantitative estimate of drug-likeness (QED) is 0.0262. The van der Waals surface area contributed by atoms with Crippen LogP contribution in [0.3, 0.4) is 0 Å². The first-order valence-corrected chi connectivity index (χ1v) is 30.7. The zero-order chi connectivity index (χ0) is 49.3. The highest BCUT2D eigenvalue weighted by molar-refractivity contribution is 5.71. The van der Waals surface area contributed by atoms with Crippen molar-refractivity contribution < 1.29 is 28.6 Å². The summed E-state index contributed by atoms with van der Waals surface area (Å²) in [6.07, 6.45) is 67.0. The smallest absolute Gasteiger partial charge is 0.306 e. The van der Waals surface area contributed by atoms with Crippen molar-refractivity contribution in [3.8, 4) is 0 Å². The third kappa shape index (κ3) is 55.1. The van der Waals surface area contributed by atoms with E-state index in [-0.39, 0.29) is 31.1 Å². The monoisotopic (exact) mass is 959 g/mol. The van der Waals surface area contributed by atoms with Gasteiger partial charge in [0.2, 0.25) is 0 Å². The van der Waals surface area contributed by atoms with E-state index in [1.165, 1.54) is 244 Å². The van der Waals surface area contributed by atoms with Gasteiger partial charge in [-0.3, -0.25) is 14.4 Å². The van der Waals surface area contributed by atoms with Gasteiger partial charge in [0.25, 0.3) is 0 Å². The van der Waals surface area contributed by atoms with Gasteiger partial charge in [0.15, 0.2) is 6.10 Å². The molecule has 0 aliphatic heterocycles. The number of hydrogen-bond acceptors (Lipinski definition) is 6. The predicted molar refractivity (Wildman–Crippen MR) is 293 cm³/mol. The summed E-state index contributed by atoms with van der Waals surface area (Å²) in [6.45, 7) is 6.61. The lowest BCUT2D eigenvalue weighted by atomic mass is 10.0. The third-order valence-corrected chi connectivity index (χ3v) is 14.0. The van der Waals surface area contributed by atoms with E-state index in [4.69, 9.17) is 14.2 Å². The average molecular weight is 960 g/mol. The van der Waals surface area contributed by atoms with Gasteiger partial charge < -0.3 is 14.2 Å². The molecule has 0 amide bonds. The molecule has 0 aliphatic carbocycles. The normalized spacial score (nSPS) is 12.0. The number of unbranched alkanes of at least 4 members (excludes halogenated alkanes) is 44. The highest BCUT2D eigenvalue weighted by atomic mass is 16.6. The van der Waals surface area contributed by atoms with E-state index in [0.29, 0.717) is 19.3 Å². The minimum atomic E-state index is -0.765. The van der Waals surface area contributed by atoms with Crippen LogP contribution in [0.4, 0.5) is 0 Å². The van der Waals surface area contributed by atoms with Gasteiger partial charge in [-0.1, -0.05) is 296 Å². The van der Waals surface area contributed by atoms with Crippen LogP contribution in [-0.2, 0) is 28.6 Å². The average Bonchev–Trinajstić information content (AvgIpc) is 3.34. The lowest BCUT2D eigenvalue weighted by molar-refractivity contribution is -0.167. The first kappa shape index (κ1) is 66.2. The summed E-state index contributed by atoms with van der Waals surface area (Å²) in [4.78, 5) is 37.8. The van der Waals surface area contributed by atoms with E-state index in [0.717, 1.165) is 64.2 Å². The Labute approximate surface area is 424 Å². The van der Waals surface area contributed by atoms with Gasteiger partial charge in [-0.25, -0.2) is 0 Å². The Balaban J connectivity index is 3.94. The molecule has 0 heterocycles. The minimum absolute atomic E-state index is 0.0673. The van der Waals surface area contributed by atoms with Gasteiger partial charge in [0, 0.05) is 19.3 Å². The van der Waals surface area contributed by atoms with Crippen molar-refractivity contribution in [2.45, 2.75) is 354 Å². The van der Waals surface area contributed by atoms with Gasteiger partial charge >= 0.3 is 17.9 Å². The standard InChI is InChI=1S/C62H118O6/c1-4-7-10-13-15-17-19-21-23-25-26-27-28-29-30-31-32-33-34-35-37-38-40-42-44-46-49-52-55-61(64)67-58-59(57-66-60(63)54-51-48-12-9-6-3)68-62(65)56-53-50-47-45-43-41-39-36-24-22-20-18-16-14-11-8-5-2/h22,24,59H,4-21,23,25-58H2,1-3H3/b24-22-. The fraction of sp³-hybridized carbons (Fsp3) is 0.919. The first-order valence-electron chi connectivity index (χ1n) is 30.7. The van der Waals surface area contributed by atoms with E-state index in [1.54, 1.807) is 0 Å². The van der Waals surface area contributed by atoms with Crippen molar-refractivity contribution in [1.82, 2.24) is 0 Å². The van der Waals surface area contributed by atoms with Crippen molar-refractivity contribution in [3.05, 3.63) is 12.2 Å².